The molecule has 0 spiro atoms. The Morgan fingerprint density at radius 1 is 1.25 bits per heavy atom. The fourth-order valence-electron chi connectivity index (χ4n) is 0.869. The summed E-state index contributed by atoms with van der Waals surface area (Å²) in [5.74, 6) is -1.65. The summed E-state index contributed by atoms with van der Waals surface area (Å²) in [6, 6.07) is -0.682. The zero-order chi connectivity index (χ0) is 12.6. The first-order valence-electron chi connectivity index (χ1n) is 5.23. The van der Waals surface area contributed by atoms with Crippen LogP contribution in [0.2, 0.25) is 0 Å². The van der Waals surface area contributed by atoms with Crippen molar-refractivity contribution in [2.24, 2.45) is 5.92 Å². The van der Waals surface area contributed by atoms with Crippen molar-refractivity contribution in [3.8, 4) is 0 Å². The number of ether oxygens (including phenoxy) is 1. The first kappa shape index (κ1) is 14.4. The van der Waals surface area contributed by atoms with Crippen LogP contribution in [0.4, 0.5) is 4.79 Å². The molecule has 0 saturated heterocycles. The number of urea groups is 1. The predicted octanol–water partition coefficient (Wildman–Crippen LogP) is 0.421. The normalized spacial score (nSPS) is 9.75. The van der Waals surface area contributed by atoms with Crippen LogP contribution in [0.25, 0.3) is 0 Å². The maximum atomic E-state index is 11.1. The molecule has 0 aromatic heterocycles. The fourth-order valence-corrected chi connectivity index (χ4v) is 0.869. The number of nitrogens with one attached hydrogen (secondary N) is 2. The Morgan fingerprint density at radius 2 is 1.88 bits per heavy atom. The number of rotatable bonds is 4. The number of carbonyl (C=O) groups excluding carboxylic acids is 3. The number of carbonyl (C=O) groups is 3. The van der Waals surface area contributed by atoms with Crippen LogP contribution in [0.15, 0.2) is 0 Å². The van der Waals surface area contributed by atoms with E-state index in [0.29, 0.717) is 12.5 Å². The molecule has 0 radical (unpaired) electrons. The summed E-state index contributed by atoms with van der Waals surface area (Å²) in [4.78, 5) is 32.9. The largest absolute Gasteiger partial charge is 0.459 e. The van der Waals surface area contributed by atoms with E-state index in [1.807, 2.05) is 19.2 Å². The van der Waals surface area contributed by atoms with Crippen molar-refractivity contribution in [3.63, 3.8) is 0 Å². The summed E-state index contributed by atoms with van der Waals surface area (Å²) >= 11 is 0. The molecule has 0 atom stereocenters. The van der Waals surface area contributed by atoms with E-state index in [4.69, 9.17) is 0 Å². The molecule has 0 aliphatic rings. The second-order valence-electron chi connectivity index (χ2n) is 3.61. The molecular formula is C10H18N2O4. The quantitative estimate of drug-likeness (QED) is 0.541. The van der Waals surface area contributed by atoms with Crippen LogP contribution in [0.3, 0.4) is 0 Å². The van der Waals surface area contributed by atoms with Crippen LogP contribution in [0.5, 0.6) is 0 Å². The maximum Gasteiger partial charge on any atom is 0.397 e. The van der Waals surface area contributed by atoms with Gasteiger partial charge in [-0.3, -0.25) is 10.1 Å². The highest BCUT2D eigenvalue weighted by Gasteiger charge is 2.17. The molecule has 6 nitrogen and oxygen atoms in total. The first-order valence-corrected chi connectivity index (χ1v) is 5.23. The lowest BCUT2D eigenvalue weighted by Crippen LogP contribution is -2.43. The minimum Gasteiger partial charge on any atom is -0.459 e. The number of hydrogen-bond donors (Lipinski definition) is 2. The molecule has 6 heteroatoms. The van der Waals surface area contributed by atoms with Crippen LogP contribution in [-0.4, -0.2) is 31.1 Å². The third-order valence-corrected chi connectivity index (χ3v) is 1.70. The van der Waals surface area contributed by atoms with E-state index in [-0.39, 0.29) is 6.61 Å². The molecule has 0 heterocycles. The van der Waals surface area contributed by atoms with Crippen LogP contribution in [0, 0.1) is 5.92 Å². The predicted molar refractivity (Wildman–Crippen MR) is 57.6 cm³/mol. The van der Waals surface area contributed by atoms with Gasteiger partial charge in [0.2, 0.25) is 0 Å². The van der Waals surface area contributed by atoms with Crippen molar-refractivity contribution in [2.45, 2.75) is 27.2 Å². The molecule has 0 fully saturated rings. The van der Waals surface area contributed by atoms with Gasteiger partial charge in [-0.2, -0.15) is 0 Å². The van der Waals surface area contributed by atoms with Crippen LogP contribution >= 0.6 is 0 Å². The Hall–Kier alpha value is -1.59. The average Bonchev–Trinajstić information content (AvgIpc) is 2.17. The summed E-state index contributed by atoms with van der Waals surface area (Å²) in [6.45, 7) is 6.17. The lowest BCUT2D eigenvalue weighted by atomic mass is 10.1. The summed E-state index contributed by atoms with van der Waals surface area (Å²) < 4.78 is 4.42. The minimum atomic E-state index is -1.05. The van der Waals surface area contributed by atoms with Gasteiger partial charge in [-0.25, -0.2) is 9.59 Å². The molecule has 2 N–H and O–H groups in total. The molecule has 92 valence electrons. The second kappa shape index (κ2) is 7.67. The summed E-state index contributed by atoms with van der Waals surface area (Å²) in [7, 11) is 0. The second-order valence-corrected chi connectivity index (χ2v) is 3.61. The Kier molecular flexibility index (Phi) is 6.91. The van der Waals surface area contributed by atoms with Gasteiger partial charge in [-0.05, 0) is 19.3 Å². The topological polar surface area (TPSA) is 84.5 Å². The van der Waals surface area contributed by atoms with Crippen molar-refractivity contribution in [1.29, 1.82) is 0 Å². The van der Waals surface area contributed by atoms with Gasteiger partial charge in [0.25, 0.3) is 0 Å². The molecule has 0 aliphatic carbocycles. The monoisotopic (exact) mass is 230 g/mol. The zero-order valence-corrected chi connectivity index (χ0v) is 9.83. The van der Waals surface area contributed by atoms with Crippen LogP contribution in [0.1, 0.15) is 27.2 Å². The van der Waals surface area contributed by atoms with Crippen LogP contribution in [-0.2, 0) is 14.3 Å². The molecular weight excluding hydrogens is 212 g/mol. The van der Waals surface area contributed by atoms with Crippen molar-refractivity contribution >= 4 is 17.9 Å². The smallest absolute Gasteiger partial charge is 0.397 e. The molecule has 0 aromatic rings. The first-order chi connectivity index (χ1) is 7.47. The van der Waals surface area contributed by atoms with Gasteiger partial charge in [0.05, 0.1) is 6.61 Å². The third kappa shape index (κ3) is 6.80. The number of esters is 1. The Bertz CT molecular complexity index is 264. The maximum absolute atomic E-state index is 11.1. The van der Waals surface area contributed by atoms with Gasteiger partial charge >= 0.3 is 17.9 Å². The molecule has 0 bridgehead atoms. The number of hydrogen-bond acceptors (Lipinski definition) is 4. The van der Waals surface area contributed by atoms with Gasteiger partial charge in [-0.15, -0.1) is 0 Å². The molecule has 0 aliphatic heterocycles. The SMILES string of the molecule is CCOC(=O)C(=O)NC(=O)NCCC(C)C. The average molecular weight is 230 g/mol. The zero-order valence-electron chi connectivity index (χ0n) is 9.83. The standard InChI is InChI=1S/C10H18N2O4/c1-4-16-9(14)8(13)12-10(15)11-6-5-7(2)3/h7H,4-6H2,1-3H3,(H2,11,12,13,15). The van der Waals surface area contributed by atoms with E-state index in [1.54, 1.807) is 6.92 Å². The van der Waals surface area contributed by atoms with Crippen molar-refractivity contribution in [1.82, 2.24) is 10.6 Å². The van der Waals surface area contributed by atoms with E-state index in [0.717, 1.165) is 6.42 Å². The van der Waals surface area contributed by atoms with Gasteiger partial charge in [0, 0.05) is 6.54 Å². The third-order valence-electron chi connectivity index (χ3n) is 1.70. The van der Waals surface area contributed by atoms with E-state index in [1.165, 1.54) is 0 Å². The summed E-state index contributed by atoms with van der Waals surface area (Å²) in [5, 5.41) is 4.34. The van der Waals surface area contributed by atoms with Crippen molar-refractivity contribution in [3.05, 3.63) is 0 Å². The Morgan fingerprint density at radius 3 is 2.38 bits per heavy atom. The number of amides is 3. The van der Waals surface area contributed by atoms with E-state index in [9.17, 15) is 14.4 Å². The van der Waals surface area contributed by atoms with E-state index in [2.05, 4.69) is 10.1 Å². The molecule has 0 saturated carbocycles. The molecule has 0 unspecified atom stereocenters. The lowest BCUT2D eigenvalue weighted by molar-refractivity contribution is -0.154. The van der Waals surface area contributed by atoms with Gasteiger partial charge < -0.3 is 10.1 Å². The van der Waals surface area contributed by atoms with Gasteiger partial charge in [-0.1, -0.05) is 13.8 Å². The Labute approximate surface area is 94.7 Å². The molecule has 0 rings (SSSR count). The van der Waals surface area contributed by atoms with Gasteiger partial charge in [0.1, 0.15) is 0 Å². The highest BCUT2D eigenvalue weighted by atomic mass is 16.5. The molecule has 0 aromatic carbocycles. The summed E-state index contributed by atoms with van der Waals surface area (Å²) in [5.41, 5.74) is 0. The highest BCUT2D eigenvalue weighted by Crippen LogP contribution is 1.95. The van der Waals surface area contributed by atoms with Crippen molar-refractivity contribution < 1.29 is 19.1 Å². The number of imide groups is 1. The van der Waals surface area contributed by atoms with Crippen molar-refractivity contribution in [2.75, 3.05) is 13.2 Å². The molecule has 16 heavy (non-hydrogen) atoms. The van der Waals surface area contributed by atoms with Crippen LogP contribution < -0.4 is 10.6 Å². The molecule has 3 amide bonds. The van der Waals surface area contributed by atoms with E-state index < -0.39 is 17.9 Å². The fraction of sp³-hybridized carbons (Fsp3) is 0.700. The van der Waals surface area contributed by atoms with E-state index >= 15 is 0 Å². The minimum absolute atomic E-state index is 0.0984. The Balaban J connectivity index is 3.78. The lowest BCUT2D eigenvalue weighted by Gasteiger charge is -2.07. The van der Waals surface area contributed by atoms with Gasteiger partial charge in [0.15, 0.2) is 0 Å². The highest BCUT2D eigenvalue weighted by molar-refractivity contribution is 6.35. The summed E-state index contributed by atoms with van der Waals surface area (Å²) in [6.07, 6.45) is 0.807.